The third-order valence-corrected chi connectivity index (χ3v) is 6.14. The Morgan fingerprint density at radius 2 is 1.87 bits per heavy atom. The maximum absolute atomic E-state index is 14.2. The van der Waals surface area contributed by atoms with E-state index in [2.05, 4.69) is 30.2 Å². The summed E-state index contributed by atoms with van der Waals surface area (Å²) in [5, 5.41) is 3.38. The van der Waals surface area contributed by atoms with Gasteiger partial charge in [-0.1, -0.05) is 13.8 Å². The summed E-state index contributed by atoms with van der Waals surface area (Å²) in [6.07, 6.45) is 7.56. The van der Waals surface area contributed by atoms with Crippen molar-refractivity contribution in [1.29, 1.82) is 0 Å². The van der Waals surface area contributed by atoms with Gasteiger partial charge in [0.25, 0.3) is 0 Å². The van der Waals surface area contributed by atoms with Crippen molar-refractivity contribution in [3.05, 3.63) is 54.8 Å². The van der Waals surface area contributed by atoms with Gasteiger partial charge in [-0.05, 0) is 30.5 Å². The zero-order valence-electron chi connectivity index (χ0n) is 17.7. The quantitative estimate of drug-likeness (QED) is 0.673. The molecule has 0 unspecified atom stereocenters. The summed E-state index contributed by atoms with van der Waals surface area (Å²) in [5.74, 6) is 1.66. The number of benzene rings is 1. The van der Waals surface area contributed by atoms with Crippen molar-refractivity contribution in [3.8, 4) is 22.6 Å². The number of halogens is 1. The van der Waals surface area contributed by atoms with Gasteiger partial charge in [-0.15, -0.1) is 0 Å². The molecule has 31 heavy (non-hydrogen) atoms. The number of ether oxygens (including phenoxy) is 1. The van der Waals surface area contributed by atoms with E-state index in [0.717, 1.165) is 49.7 Å². The minimum absolute atomic E-state index is 0.154. The lowest BCUT2D eigenvalue weighted by Crippen LogP contribution is -2.54. The zero-order chi connectivity index (χ0) is 21.4. The number of rotatable bonds is 5. The molecule has 160 valence electrons. The smallest absolute Gasteiger partial charge is 0.188 e. The van der Waals surface area contributed by atoms with E-state index in [4.69, 9.17) is 4.74 Å². The van der Waals surface area contributed by atoms with Crippen LogP contribution in [-0.2, 0) is 0 Å². The monoisotopic (exact) mass is 420 g/mol. The summed E-state index contributed by atoms with van der Waals surface area (Å²) < 4.78 is 20.5. The Bertz CT molecular complexity index is 1100. The van der Waals surface area contributed by atoms with Crippen molar-refractivity contribution in [2.24, 2.45) is 5.41 Å². The molecule has 0 radical (unpaired) electrons. The molecule has 0 atom stereocenters. The molecule has 1 N–H and O–H groups in total. The second-order valence-corrected chi connectivity index (χ2v) is 8.70. The molecule has 7 nitrogen and oxygen atoms in total. The molecule has 2 fully saturated rings. The van der Waals surface area contributed by atoms with Crippen molar-refractivity contribution < 1.29 is 9.13 Å². The van der Waals surface area contributed by atoms with Gasteiger partial charge in [0.1, 0.15) is 24.2 Å². The number of hydrogen-bond acceptors (Lipinski definition) is 7. The van der Waals surface area contributed by atoms with Crippen LogP contribution in [0.2, 0.25) is 0 Å². The standard InChI is InChI=1S/C23H25FN6O/c1-15(2)21-18(8-25-13-28-21)17-7-16(24)3-4-19(17)31-20-9-26-14-29-22(20)30-6-5-23(12-30)10-27-11-23/h3-4,7-9,13-15,27H,5-6,10-12H2,1-2H3. The molecule has 0 amide bonds. The number of aromatic nitrogens is 4. The van der Waals surface area contributed by atoms with E-state index in [-0.39, 0.29) is 11.7 Å². The maximum Gasteiger partial charge on any atom is 0.188 e. The van der Waals surface area contributed by atoms with Crippen LogP contribution in [0.25, 0.3) is 11.1 Å². The minimum atomic E-state index is -0.343. The summed E-state index contributed by atoms with van der Waals surface area (Å²) in [5.41, 5.74) is 2.54. The van der Waals surface area contributed by atoms with Crippen LogP contribution in [0, 0.1) is 11.2 Å². The normalized spacial score (nSPS) is 17.2. The Kier molecular flexibility index (Phi) is 5.02. The molecule has 2 aliphatic heterocycles. The molecule has 0 saturated carbocycles. The first-order valence-corrected chi connectivity index (χ1v) is 10.6. The Labute approximate surface area is 180 Å². The fourth-order valence-electron chi connectivity index (χ4n) is 4.43. The van der Waals surface area contributed by atoms with Gasteiger partial charge >= 0.3 is 0 Å². The van der Waals surface area contributed by atoms with Gasteiger partial charge in [-0.25, -0.2) is 24.3 Å². The van der Waals surface area contributed by atoms with Crippen molar-refractivity contribution in [2.45, 2.75) is 26.2 Å². The van der Waals surface area contributed by atoms with Crippen LogP contribution in [-0.4, -0.2) is 46.1 Å². The maximum atomic E-state index is 14.2. The lowest BCUT2D eigenvalue weighted by Gasteiger charge is -2.39. The Balaban J connectivity index is 1.51. The predicted molar refractivity (Wildman–Crippen MR) is 116 cm³/mol. The van der Waals surface area contributed by atoms with Crippen molar-refractivity contribution in [2.75, 3.05) is 31.1 Å². The van der Waals surface area contributed by atoms with Crippen LogP contribution >= 0.6 is 0 Å². The highest BCUT2D eigenvalue weighted by molar-refractivity contribution is 5.73. The van der Waals surface area contributed by atoms with Crippen molar-refractivity contribution >= 4 is 5.82 Å². The molecule has 2 saturated heterocycles. The number of nitrogens with zero attached hydrogens (tertiary/aromatic N) is 5. The van der Waals surface area contributed by atoms with Crippen molar-refractivity contribution in [3.63, 3.8) is 0 Å². The van der Waals surface area contributed by atoms with Crippen LogP contribution in [0.1, 0.15) is 31.9 Å². The largest absolute Gasteiger partial charge is 0.451 e. The summed E-state index contributed by atoms with van der Waals surface area (Å²) in [7, 11) is 0. The lowest BCUT2D eigenvalue weighted by molar-refractivity contribution is 0.199. The van der Waals surface area contributed by atoms with E-state index in [1.807, 2.05) is 13.8 Å². The highest BCUT2D eigenvalue weighted by Crippen LogP contribution is 2.42. The second kappa shape index (κ2) is 7.85. The van der Waals surface area contributed by atoms with E-state index in [0.29, 0.717) is 22.5 Å². The molecule has 0 bridgehead atoms. The summed E-state index contributed by atoms with van der Waals surface area (Å²) >= 11 is 0. The molecular weight excluding hydrogens is 395 g/mol. The predicted octanol–water partition coefficient (Wildman–Crippen LogP) is 3.79. The molecule has 5 rings (SSSR count). The SMILES string of the molecule is CC(C)c1ncncc1-c1cc(F)ccc1Oc1cncnc1N1CCC2(CNC2)C1. The van der Waals surface area contributed by atoms with Crippen LogP contribution in [0.15, 0.2) is 43.2 Å². The first-order chi connectivity index (χ1) is 15.0. The topological polar surface area (TPSA) is 76.1 Å². The third kappa shape index (κ3) is 3.72. The molecule has 8 heteroatoms. The minimum Gasteiger partial charge on any atom is -0.451 e. The van der Waals surface area contributed by atoms with Gasteiger partial charge < -0.3 is 15.0 Å². The van der Waals surface area contributed by atoms with E-state index in [1.165, 1.54) is 18.5 Å². The molecule has 2 aliphatic rings. The van der Waals surface area contributed by atoms with Gasteiger partial charge in [-0.3, -0.25) is 0 Å². The second-order valence-electron chi connectivity index (χ2n) is 8.70. The Morgan fingerprint density at radius 1 is 1.06 bits per heavy atom. The Hall–Kier alpha value is -3.13. The number of hydrogen-bond donors (Lipinski definition) is 1. The molecular formula is C23H25FN6O. The zero-order valence-corrected chi connectivity index (χ0v) is 17.7. The fourth-order valence-corrected chi connectivity index (χ4v) is 4.43. The molecule has 1 spiro atoms. The first kappa shape index (κ1) is 19.8. The van der Waals surface area contributed by atoms with E-state index < -0.39 is 0 Å². The molecule has 3 aromatic rings. The van der Waals surface area contributed by atoms with Gasteiger partial charge in [0, 0.05) is 48.9 Å². The van der Waals surface area contributed by atoms with E-state index >= 15 is 0 Å². The van der Waals surface area contributed by atoms with Gasteiger partial charge in [0.05, 0.1) is 11.9 Å². The Morgan fingerprint density at radius 3 is 2.61 bits per heavy atom. The van der Waals surface area contributed by atoms with E-state index in [1.54, 1.807) is 24.8 Å². The van der Waals surface area contributed by atoms with Crippen LogP contribution in [0.5, 0.6) is 11.5 Å². The fraction of sp³-hybridized carbons (Fsp3) is 0.391. The number of nitrogens with one attached hydrogen (secondary N) is 1. The summed E-state index contributed by atoms with van der Waals surface area (Å²) in [6, 6.07) is 4.50. The first-order valence-electron chi connectivity index (χ1n) is 10.6. The highest BCUT2D eigenvalue weighted by atomic mass is 19.1. The molecule has 4 heterocycles. The summed E-state index contributed by atoms with van der Waals surface area (Å²) in [4.78, 5) is 19.5. The van der Waals surface area contributed by atoms with Crippen LogP contribution in [0.3, 0.4) is 0 Å². The van der Waals surface area contributed by atoms with Crippen molar-refractivity contribution in [1.82, 2.24) is 25.3 Å². The average molecular weight is 420 g/mol. The van der Waals surface area contributed by atoms with Crippen LogP contribution < -0.4 is 15.0 Å². The molecule has 0 aliphatic carbocycles. The lowest BCUT2D eigenvalue weighted by atomic mass is 9.81. The van der Waals surface area contributed by atoms with Gasteiger partial charge in [0.2, 0.25) is 0 Å². The molecule has 2 aromatic heterocycles. The average Bonchev–Trinajstić information content (AvgIpc) is 3.22. The number of anilines is 1. The highest BCUT2D eigenvalue weighted by Gasteiger charge is 2.43. The van der Waals surface area contributed by atoms with Gasteiger partial charge in [0.15, 0.2) is 11.6 Å². The van der Waals surface area contributed by atoms with Crippen LogP contribution in [0.4, 0.5) is 10.2 Å². The van der Waals surface area contributed by atoms with Gasteiger partial charge in [-0.2, -0.15) is 0 Å². The van der Waals surface area contributed by atoms with E-state index in [9.17, 15) is 4.39 Å². The third-order valence-electron chi connectivity index (χ3n) is 6.14. The summed E-state index contributed by atoms with van der Waals surface area (Å²) in [6.45, 7) is 8.04. The molecule has 1 aromatic carbocycles.